The molecular weight excluding hydrogens is 759 g/mol. The molecule has 1 unspecified atom stereocenters. The van der Waals surface area contributed by atoms with E-state index in [4.69, 9.17) is 14.2 Å². The van der Waals surface area contributed by atoms with Crippen LogP contribution in [0.5, 0.6) is 11.5 Å². The highest BCUT2D eigenvalue weighted by molar-refractivity contribution is 14.1. The maximum atomic E-state index is 14.6. The van der Waals surface area contributed by atoms with Crippen molar-refractivity contribution in [1.29, 1.82) is 0 Å². The van der Waals surface area contributed by atoms with E-state index in [2.05, 4.69) is 74.9 Å². The second-order valence-corrected chi connectivity index (χ2v) is 16.2. The monoisotopic (exact) mass is 802 g/mol. The number of alkyl halides is 1. The summed E-state index contributed by atoms with van der Waals surface area (Å²) in [5, 5.41) is 10.9. The van der Waals surface area contributed by atoms with Crippen LogP contribution < -0.4 is 9.47 Å². The molecule has 260 valence electrons. The Morgan fingerprint density at radius 3 is 2.52 bits per heavy atom. The van der Waals surface area contributed by atoms with E-state index in [1.165, 1.54) is 5.56 Å². The van der Waals surface area contributed by atoms with E-state index < -0.39 is 0 Å². The summed E-state index contributed by atoms with van der Waals surface area (Å²) >= 11 is 4.05. The average Bonchev–Trinajstić information content (AvgIpc) is 3.74. The van der Waals surface area contributed by atoms with Crippen molar-refractivity contribution in [3.05, 3.63) is 119 Å². The third kappa shape index (κ3) is 7.78. The van der Waals surface area contributed by atoms with Gasteiger partial charge < -0.3 is 19.3 Å². The summed E-state index contributed by atoms with van der Waals surface area (Å²) in [6.07, 6.45) is 3.04. The number of hydrogen-bond acceptors (Lipinski definition) is 8. The molecule has 7 rings (SSSR count). The molecule has 1 aromatic heterocycles. The number of hydrogen-bond donors (Lipinski definition) is 1. The number of benzene rings is 4. The number of ketones is 1. The molecule has 5 aromatic rings. The van der Waals surface area contributed by atoms with E-state index in [0.29, 0.717) is 17.7 Å². The maximum Gasteiger partial charge on any atom is 0.195 e. The fraction of sp³-hybridized carbons (Fsp3) is 0.341. The average molecular weight is 803 g/mol. The van der Waals surface area contributed by atoms with E-state index in [1.807, 2.05) is 48.5 Å². The molecule has 2 fully saturated rings. The molecule has 0 radical (unpaired) electrons. The van der Waals surface area contributed by atoms with Crippen LogP contribution in [-0.2, 0) is 24.3 Å². The Morgan fingerprint density at radius 2 is 1.76 bits per heavy atom. The summed E-state index contributed by atoms with van der Waals surface area (Å²) in [7, 11) is 1.67. The zero-order valence-corrected chi connectivity index (χ0v) is 31.4. The number of halogens is 1. The Labute approximate surface area is 311 Å². The van der Waals surface area contributed by atoms with Crippen molar-refractivity contribution < 1.29 is 24.1 Å². The van der Waals surface area contributed by atoms with Gasteiger partial charge >= 0.3 is 0 Å². The maximum absolute atomic E-state index is 14.6. The molecule has 1 atom stereocenters. The minimum Gasteiger partial charge on any atom is -0.496 e. The van der Waals surface area contributed by atoms with Gasteiger partial charge in [-0.3, -0.25) is 14.6 Å². The lowest BCUT2D eigenvalue weighted by molar-refractivity contribution is 0.0339. The predicted molar refractivity (Wildman–Crippen MR) is 209 cm³/mol. The van der Waals surface area contributed by atoms with Crippen LogP contribution in [0, 0.1) is 0 Å². The number of methoxy groups -OCH3 is 1. The Kier molecular flexibility index (Phi) is 11.2. The third-order valence-electron chi connectivity index (χ3n) is 9.87. The Bertz CT molecular complexity index is 1930. The summed E-state index contributed by atoms with van der Waals surface area (Å²) in [5.41, 5.74) is 5.72. The molecule has 0 amide bonds. The zero-order chi connectivity index (χ0) is 34.5. The van der Waals surface area contributed by atoms with E-state index in [9.17, 15) is 9.90 Å². The molecule has 0 bridgehead atoms. The molecule has 4 aromatic carbocycles. The van der Waals surface area contributed by atoms with Crippen molar-refractivity contribution in [2.45, 2.75) is 36.0 Å². The van der Waals surface area contributed by atoms with Crippen molar-refractivity contribution >= 4 is 49.8 Å². The van der Waals surface area contributed by atoms with Gasteiger partial charge in [-0.25, -0.2) is 0 Å². The molecule has 2 aliphatic heterocycles. The van der Waals surface area contributed by atoms with Gasteiger partial charge in [0.2, 0.25) is 0 Å². The van der Waals surface area contributed by atoms with Gasteiger partial charge in [-0.2, -0.15) is 0 Å². The number of carbonyl (C=O) groups excluding carboxylic acids is 1. The van der Waals surface area contributed by atoms with Gasteiger partial charge in [0.25, 0.3) is 0 Å². The molecule has 0 aliphatic carbocycles. The largest absolute Gasteiger partial charge is 0.496 e. The lowest BCUT2D eigenvalue weighted by Crippen LogP contribution is -2.42. The molecule has 1 N–H and O–H groups in total. The summed E-state index contributed by atoms with van der Waals surface area (Å²) in [5.74, 6) is 1.47. The van der Waals surface area contributed by atoms with Gasteiger partial charge in [0, 0.05) is 57.8 Å². The molecule has 50 heavy (non-hydrogen) atoms. The zero-order valence-electron chi connectivity index (χ0n) is 28.4. The first-order valence-corrected chi connectivity index (χ1v) is 19.2. The van der Waals surface area contributed by atoms with Gasteiger partial charge in [-0.05, 0) is 66.8 Å². The van der Waals surface area contributed by atoms with Gasteiger partial charge in [0.1, 0.15) is 18.1 Å². The Hall–Kier alpha value is -3.32. The van der Waals surface area contributed by atoms with Gasteiger partial charge in [-0.1, -0.05) is 89.3 Å². The topological polar surface area (TPSA) is 71.5 Å². The molecule has 3 heterocycles. The minimum atomic E-state index is -0.156. The number of likely N-dealkylation sites (tertiary alicyclic amines) is 1. The van der Waals surface area contributed by atoms with E-state index in [-0.39, 0.29) is 15.9 Å². The predicted octanol–water partition coefficient (Wildman–Crippen LogP) is 7.98. The number of nitrogens with zero attached hydrogens (tertiary/aromatic N) is 2. The smallest absolute Gasteiger partial charge is 0.195 e. The second-order valence-electron chi connectivity index (χ2n) is 13.1. The van der Waals surface area contributed by atoms with Gasteiger partial charge in [-0.15, -0.1) is 11.3 Å². The van der Waals surface area contributed by atoms with Crippen molar-refractivity contribution in [3.63, 3.8) is 0 Å². The minimum absolute atomic E-state index is 0.0269. The standard InChI is InChI=1S/C41H43IN2O5S/c1-47-36-24-32(12-13-33(36)26-43-20-22-48-23-21-43)39(46)38-35-15-14-34(49-27-30-6-3-2-4-7-30)25-37(35)50-40(38)31-10-8-29(9-11-31)16-19-44-18-5-17-41(44,42)28-45/h2-4,6-15,24-25,45H,5,16-23,26-28H2,1H3. The highest BCUT2D eigenvalue weighted by Crippen LogP contribution is 2.42. The summed E-state index contributed by atoms with van der Waals surface area (Å²) in [6, 6.07) is 30.7. The summed E-state index contributed by atoms with van der Waals surface area (Å²) < 4.78 is 18.4. The number of carbonyl (C=O) groups is 1. The van der Waals surface area contributed by atoms with Crippen LogP contribution in [0.25, 0.3) is 20.5 Å². The van der Waals surface area contributed by atoms with Crippen LogP contribution in [0.2, 0.25) is 0 Å². The molecule has 2 aliphatic rings. The highest BCUT2D eigenvalue weighted by atomic mass is 127. The summed E-state index contributed by atoms with van der Waals surface area (Å²) in [4.78, 5) is 20.3. The van der Waals surface area contributed by atoms with Gasteiger partial charge in [0.15, 0.2) is 5.78 Å². The molecular formula is C41H43IN2O5S. The molecule has 0 saturated carbocycles. The van der Waals surface area contributed by atoms with Crippen LogP contribution in [0.3, 0.4) is 0 Å². The molecule has 9 heteroatoms. The summed E-state index contributed by atoms with van der Waals surface area (Å²) in [6.45, 7) is 6.55. The first-order valence-electron chi connectivity index (χ1n) is 17.3. The lowest BCUT2D eigenvalue weighted by atomic mass is 9.96. The molecule has 0 spiro atoms. The number of morpholine rings is 1. The first kappa shape index (κ1) is 35.1. The van der Waals surface area contributed by atoms with Crippen LogP contribution >= 0.6 is 33.9 Å². The quantitative estimate of drug-likeness (QED) is 0.0561. The van der Waals surface area contributed by atoms with Crippen LogP contribution in [-0.4, -0.2) is 77.3 Å². The Balaban J connectivity index is 1.19. The second kappa shape index (κ2) is 15.9. The normalized spacial score (nSPS) is 18.5. The lowest BCUT2D eigenvalue weighted by Gasteiger charge is -2.31. The molecule has 2 saturated heterocycles. The fourth-order valence-corrected chi connectivity index (χ4v) is 9.07. The highest BCUT2D eigenvalue weighted by Gasteiger charge is 2.37. The van der Waals surface area contributed by atoms with Gasteiger partial charge in [0.05, 0.1) is 30.5 Å². The number of aliphatic hydroxyl groups is 1. The number of aliphatic hydroxyl groups excluding tert-OH is 1. The van der Waals surface area contributed by atoms with Crippen molar-refractivity contribution in [3.8, 4) is 21.9 Å². The SMILES string of the molecule is COc1cc(C(=O)c2c(-c3ccc(CCN4CCCC4(I)CO)cc3)sc3cc(OCc4ccccc4)ccc23)ccc1CN1CCOCC1. The number of thiophene rings is 1. The van der Waals surface area contributed by atoms with Crippen molar-refractivity contribution in [2.24, 2.45) is 0 Å². The van der Waals surface area contributed by atoms with Crippen LogP contribution in [0.1, 0.15) is 45.5 Å². The first-order chi connectivity index (χ1) is 24.4. The van der Waals surface area contributed by atoms with Crippen molar-refractivity contribution in [1.82, 2.24) is 9.80 Å². The molecule has 7 nitrogen and oxygen atoms in total. The Morgan fingerprint density at radius 1 is 0.960 bits per heavy atom. The van der Waals surface area contributed by atoms with Crippen LogP contribution in [0.15, 0.2) is 91.0 Å². The van der Waals surface area contributed by atoms with E-state index in [0.717, 1.165) is 108 Å². The number of ether oxygens (including phenoxy) is 3. The number of fused-ring (bicyclic) bond motifs is 1. The third-order valence-corrected chi connectivity index (χ3v) is 12.6. The van der Waals surface area contributed by atoms with Crippen LogP contribution in [0.4, 0.5) is 0 Å². The van der Waals surface area contributed by atoms with E-state index >= 15 is 0 Å². The number of rotatable bonds is 13. The fourth-order valence-electron chi connectivity index (χ4n) is 6.97. The van der Waals surface area contributed by atoms with E-state index in [1.54, 1.807) is 18.4 Å². The van der Waals surface area contributed by atoms with Crippen molar-refractivity contribution in [2.75, 3.05) is 53.1 Å².